The van der Waals surface area contributed by atoms with Gasteiger partial charge in [0.05, 0.1) is 11.0 Å². The first-order valence-corrected chi connectivity index (χ1v) is 13.0. The zero-order valence-electron chi connectivity index (χ0n) is 21.4. The molecule has 5 aromatic carbocycles. The minimum atomic E-state index is -0.512. The van der Waals surface area contributed by atoms with Crippen LogP contribution in [0.25, 0.3) is 49.7 Å². The summed E-state index contributed by atoms with van der Waals surface area (Å²) in [5.74, 6) is 0. The molecule has 0 bridgehead atoms. The Kier molecular flexibility index (Phi) is 4.77. The second kappa shape index (κ2) is 7.96. The molecule has 1 aromatic heterocycles. The van der Waals surface area contributed by atoms with Gasteiger partial charge in [0.2, 0.25) is 0 Å². The quantitative estimate of drug-likeness (QED) is 0.261. The van der Waals surface area contributed by atoms with Crippen molar-refractivity contribution in [3.63, 3.8) is 0 Å². The zero-order chi connectivity index (χ0) is 25.3. The van der Waals surface area contributed by atoms with E-state index in [9.17, 15) is 5.02 Å². The summed E-state index contributed by atoms with van der Waals surface area (Å²) in [6, 6.07) is 39.3. The summed E-state index contributed by atoms with van der Waals surface area (Å²) in [4.78, 5) is 0. The molecule has 0 aliphatic heterocycles. The van der Waals surface area contributed by atoms with Gasteiger partial charge in [0.1, 0.15) is 0 Å². The molecule has 0 amide bonds. The summed E-state index contributed by atoms with van der Waals surface area (Å²) < 4.78 is 2.38. The zero-order valence-corrected chi connectivity index (χ0v) is 21.4. The van der Waals surface area contributed by atoms with Crippen molar-refractivity contribution in [1.82, 2.24) is 4.57 Å². The molecule has 3 heteroatoms. The van der Waals surface area contributed by atoms with Crippen molar-refractivity contribution in [3.05, 3.63) is 120 Å². The van der Waals surface area contributed by atoms with E-state index in [1.54, 1.807) is 0 Å². The van der Waals surface area contributed by atoms with Gasteiger partial charge >= 0.3 is 6.92 Å². The normalized spacial score (nSPS) is 13.6. The van der Waals surface area contributed by atoms with Crippen LogP contribution in [-0.4, -0.2) is 16.5 Å². The highest BCUT2D eigenvalue weighted by atomic mass is 16.2. The molecule has 1 heterocycles. The molecule has 0 atom stereocenters. The summed E-state index contributed by atoms with van der Waals surface area (Å²) in [5, 5.41) is 12.8. The van der Waals surface area contributed by atoms with Gasteiger partial charge < -0.3 is 9.59 Å². The maximum Gasteiger partial charge on any atom is 0.320 e. The first kappa shape index (κ1) is 22.1. The average molecular weight is 477 g/mol. The SMILES string of the molecule is CB(O)c1ccc2c(c1)c1cc3c(cc1n2-c1ccc(-c2ccccc2)cc1)C(C)(C)c1ccccc1-3. The number of fused-ring (bicyclic) bond motifs is 6. The van der Waals surface area contributed by atoms with Gasteiger partial charge in [-0.1, -0.05) is 99.5 Å². The molecule has 2 nitrogen and oxygen atoms in total. The fourth-order valence-electron chi connectivity index (χ4n) is 6.20. The van der Waals surface area contributed by atoms with Gasteiger partial charge in [-0.3, -0.25) is 0 Å². The van der Waals surface area contributed by atoms with Crippen molar-refractivity contribution >= 4 is 34.2 Å². The molecule has 1 aliphatic carbocycles. The molecule has 0 saturated heterocycles. The van der Waals surface area contributed by atoms with Gasteiger partial charge in [-0.05, 0) is 69.2 Å². The van der Waals surface area contributed by atoms with Crippen LogP contribution >= 0.6 is 0 Å². The second-order valence-corrected chi connectivity index (χ2v) is 10.8. The summed E-state index contributed by atoms with van der Waals surface area (Å²) in [7, 11) is 0. The molecule has 7 rings (SSSR count). The molecular formula is C34H28BNO. The molecule has 0 spiro atoms. The topological polar surface area (TPSA) is 25.2 Å². The Morgan fingerprint density at radius 2 is 1.30 bits per heavy atom. The van der Waals surface area contributed by atoms with E-state index >= 15 is 0 Å². The summed E-state index contributed by atoms with van der Waals surface area (Å²) >= 11 is 0. The number of nitrogens with zero attached hydrogens (tertiary/aromatic N) is 1. The molecule has 178 valence electrons. The van der Waals surface area contributed by atoms with Crippen molar-refractivity contribution < 1.29 is 5.02 Å². The molecule has 1 aliphatic rings. The van der Waals surface area contributed by atoms with E-state index in [1.165, 1.54) is 49.7 Å². The first-order chi connectivity index (χ1) is 17.9. The average Bonchev–Trinajstić information content (AvgIpc) is 3.36. The highest BCUT2D eigenvalue weighted by molar-refractivity contribution is 6.65. The summed E-state index contributed by atoms with van der Waals surface area (Å²) in [5.41, 5.74) is 12.2. The monoisotopic (exact) mass is 477 g/mol. The number of hydrogen-bond acceptors (Lipinski definition) is 1. The molecular weight excluding hydrogens is 449 g/mol. The van der Waals surface area contributed by atoms with E-state index in [4.69, 9.17) is 0 Å². The predicted molar refractivity (Wildman–Crippen MR) is 157 cm³/mol. The van der Waals surface area contributed by atoms with Crippen LogP contribution in [0.5, 0.6) is 0 Å². The van der Waals surface area contributed by atoms with Crippen molar-refractivity contribution in [2.75, 3.05) is 0 Å². The molecule has 0 fully saturated rings. The lowest BCUT2D eigenvalue weighted by molar-refractivity contribution is 0.594. The van der Waals surface area contributed by atoms with Crippen molar-refractivity contribution in [1.29, 1.82) is 0 Å². The summed E-state index contributed by atoms with van der Waals surface area (Å²) in [6.45, 7) is 5.98. The van der Waals surface area contributed by atoms with Crippen LogP contribution in [0.1, 0.15) is 25.0 Å². The molecule has 6 aromatic rings. The van der Waals surface area contributed by atoms with Gasteiger partial charge in [-0.15, -0.1) is 0 Å². The largest absolute Gasteiger partial charge is 0.447 e. The Labute approximate surface area is 217 Å². The van der Waals surface area contributed by atoms with Crippen LogP contribution in [0.3, 0.4) is 0 Å². The minimum Gasteiger partial charge on any atom is -0.447 e. The number of benzene rings is 5. The van der Waals surface area contributed by atoms with Crippen molar-refractivity contribution in [3.8, 4) is 27.9 Å². The standard InChI is InChI=1S/C34H28BNO/c1-34(2)30-12-8-7-11-26(30)27-20-29-28-19-24(35(3)37)15-18-32(28)36(33(29)21-31(27)34)25-16-13-23(14-17-25)22-9-5-4-6-10-22/h4-21,37H,1-3H3. The lowest BCUT2D eigenvalue weighted by Gasteiger charge is -2.21. The Hall–Kier alpha value is -4.08. The fraction of sp³-hybridized carbons (Fsp3) is 0.118. The molecule has 0 unspecified atom stereocenters. The van der Waals surface area contributed by atoms with Gasteiger partial charge in [0.25, 0.3) is 0 Å². The van der Waals surface area contributed by atoms with Crippen LogP contribution in [0.15, 0.2) is 109 Å². The number of rotatable bonds is 3. The lowest BCUT2D eigenvalue weighted by Crippen LogP contribution is -2.25. The van der Waals surface area contributed by atoms with Crippen LogP contribution in [0.4, 0.5) is 0 Å². The lowest BCUT2D eigenvalue weighted by atomic mass is 9.64. The maximum atomic E-state index is 10.4. The number of hydrogen-bond donors (Lipinski definition) is 1. The van der Waals surface area contributed by atoms with Crippen molar-refractivity contribution in [2.45, 2.75) is 26.1 Å². The third-order valence-electron chi connectivity index (χ3n) is 8.21. The molecule has 1 N–H and O–H groups in total. The van der Waals surface area contributed by atoms with Crippen LogP contribution < -0.4 is 5.46 Å². The highest BCUT2D eigenvalue weighted by Crippen LogP contribution is 2.50. The van der Waals surface area contributed by atoms with E-state index < -0.39 is 6.92 Å². The Morgan fingerprint density at radius 1 is 0.622 bits per heavy atom. The Balaban J connectivity index is 1.52. The van der Waals surface area contributed by atoms with Gasteiger partial charge in [0, 0.05) is 21.9 Å². The van der Waals surface area contributed by atoms with Gasteiger partial charge in [0.15, 0.2) is 0 Å². The molecule has 0 radical (unpaired) electrons. The Bertz CT molecular complexity index is 1810. The van der Waals surface area contributed by atoms with E-state index in [-0.39, 0.29) is 5.41 Å². The van der Waals surface area contributed by atoms with E-state index in [2.05, 4.69) is 122 Å². The van der Waals surface area contributed by atoms with E-state index in [1.807, 2.05) is 12.9 Å². The third-order valence-corrected chi connectivity index (χ3v) is 8.21. The minimum absolute atomic E-state index is 0.0661. The number of aromatic nitrogens is 1. The molecule has 0 saturated carbocycles. The smallest absolute Gasteiger partial charge is 0.320 e. The summed E-state index contributed by atoms with van der Waals surface area (Å²) in [6.07, 6.45) is 0. The Morgan fingerprint density at radius 3 is 2.05 bits per heavy atom. The first-order valence-electron chi connectivity index (χ1n) is 13.0. The fourth-order valence-corrected chi connectivity index (χ4v) is 6.20. The van der Waals surface area contributed by atoms with Crippen molar-refractivity contribution in [2.24, 2.45) is 0 Å². The van der Waals surface area contributed by atoms with Gasteiger partial charge in [-0.25, -0.2) is 0 Å². The maximum absolute atomic E-state index is 10.4. The second-order valence-electron chi connectivity index (χ2n) is 10.8. The van der Waals surface area contributed by atoms with Crippen LogP contribution in [0, 0.1) is 0 Å². The van der Waals surface area contributed by atoms with Gasteiger partial charge in [-0.2, -0.15) is 0 Å². The van der Waals surface area contributed by atoms with E-state index in [0.717, 1.165) is 16.7 Å². The van der Waals surface area contributed by atoms with Crippen LogP contribution in [0.2, 0.25) is 6.82 Å². The highest BCUT2D eigenvalue weighted by Gasteiger charge is 2.36. The van der Waals surface area contributed by atoms with Crippen LogP contribution in [-0.2, 0) is 5.41 Å². The third kappa shape index (κ3) is 3.24. The van der Waals surface area contributed by atoms with E-state index in [0.29, 0.717) is 0 Å². The molecule has 37 heavy (non-hydrogen) atoms. The predicted octanol–water partition coefficient (Wildman–Crippen LogP) is 7.58.